The van der Waals surface area contributed by atoms with E-state index in [0.717, 1.165) is 6.07 Å². The normalized spacial score (nSPS) is 13.8. The first-order valence-electron chi connectivity index (χ1n) is 5.72. The minimum Gasteiger partial charge on any atom is -0.496 e. The molecule has 2 N–H and O–H groups in total. The molecule has 0 saturated carbocycles. The molecule has 2 atom stereocenters. The first-order chi connectivity index (χ1) is 9.11. The molecule has 0 aliphatic heterocycles. The number of rotatable bonds is 4. The second-order valence-corrected chi connectivity index (χ2v) is 4.02. The van der Waals surface area contributed by atoms with E-state index in [-0.39, 0.29) is 11.5 Å². The summed E-state index contributed by atoms with van der Waals surface area (Å²) in [6.45, 7) is 0. The van der Waals surface area contributed by atoms with Crippen LogP contribution in [0.25, 0.3) is 0 Å². The Morgan fingerprint density at radius 2 is 1.79 bits per heavy atom. The van der Waals surface area contributed by atoms with E-state index in [1.54, 1.807) is 30.3 Å². The van der Waals surface area contributed by atoms with Gasteiger partial charge in [0.15, 0.2) is 0 Å². The van der Waals surface area contributed by atoms with Gasteiger partial charge in [0.05, 0.1) is 13.2 Å². The molecule has 1 aromatic heterocycles. The largest absolute Gasteiger partial charge is 0.496 e. The van der Waals surface area contributed by atoms with E-state index in [9.17, 15) is 15.0 Å². The molecule has 0 aliphatic carbocycles. The lowest BCUT2D eigenvalue weighted by Crippen LogP contribution is -2.13. The van der Waals surface area contributed by atoms with Gasteiger partial charge in [-0.2, -0.15) is 0 Å². The number of methoxy groups -OCH3 is 1. The van der Waals surface area contributed by atoms with Crippen molar-refractivity contribution < 1.29 is 19.4 Å². The zero-order valence-corrected chi connectivity index (χ0v) is 10.3. The van der Waals surface area contributed by atoms with Crippen molar-refractivity contribution in [3.05, 3.63) is 64.2 Å². The van der Waals surface area contributed by atoms with Crippen LogP contribution in [0.15, 0.2) is 51.7 Å². The van der Waals surface area contributed by atoms with Crippen LogP contribution in [0, 0.1) is 0 Å². The highest BCUT2D eigenvalue weighted by molar-refractivity contribution is 5.25. The molecular formula is C14H14O5. The lowest BCUT2D eigenvalue weighted by atomic mass is 10.0. The van der Waals surface area contributed by atoms with Gasteiger partial charge in [-0.15, -0.1) is 0 Å². The fourth-order valence-electron chi connectivity index (χ4n) is 1.72. The monoisotopic (exact) mass is 262 g/mol. The summed E-state index contributed by atoms with van der Waals surface area (Å²) in [7, 11) is 1.40. The highest BCUT2D eigenvalue weighted by Crippen LogP contribution is 2.29. The zero-order valence-electron chi connectivity index (χ0n) is 10.3. The molecule has 100 valence electrons. The molecule has 19 heavy (non-hydrogen) atoms. The fraction of sp³-hybridized carbons (Fsp3) is 0.214. The Hall–Kier alpha value is -2.11. The smallest absolute Gasteiger partial charge is 0.339 e. The summed E-state index contributed by atoms with van der Waals surface area (Å²) >= 11 is 0. The van der Waals surface area contributed by atoms with Crippen molar-refractivity contribution in [1.29, 1.82) is 0 Å². The minimum absolute atomic E-state index is 0.0410. The van der Waals surface area contributed by atoms with Crippen molar-refractivity contribution in [2.75, 3.05) is 7.11 Å². The van der Waals surface area contributed by atoms with Gasteiger partial charge in [-0.3, -0.25) is 0 Å². The van der Waals surface area contributed by atoms with Gasteiger partial charge in [0, 0.05) is 6.07 Å². The van der Waals surface area contributed by atoms with Gasteiger partial charge >= 0.3 is 5.63 Å². The highest BCUT2D eigenvalue weighted by Gasteiger charge is 2.23. The Bertz CT molecular complexity index is 590. The number of hydrogen-bond acceptors (Lipinski definition) is 5. The summed E-state index contributed by atoms with van der Waals surface area (Å²) in [5.74, 6) is 0.228. The first-order valence-corrected chi connectivity index (χ1v) is 5.72. The number of ether oxygens (including phenoxy) is 1. The van der Waals surface area contributed by atoms with Crippen molar-refractivity contribution in [2.24, 2.45) is 0 Å². The van der Waals surface area contributed by atoms with Gasteiger partial charge in [0.1, 0.15) is 23.7 Å². The van der Waals surface area contributed by atoms with Gasteiger partial charge in [0.25, 0.3) is 0 Å². The molecule has 0 spiro atoms. The van der Waals surface area contributed by atoms with Crippen LogP contribution in [0.3, 0.4) is 0 Å². The van der Waals surface area contributed by atoms with Crippen LogP contribution < -0.4 is 10.4 Å². The van der Waals surface area contributed by atoms with E-state index in [2.05, 4.69) is 0 Å². The fourth-order valence-corrected chi connectivity index (χ4v) is 1.72. The standard InChI is InChI=1S/C14H14O5/c1-18-10-7-11(19-12(15)8-10)14(17)13(16)9-5-3-2-4-6-9/h2-8,13-14,16-17H,1H3/t13-,14+/m1/s1. The summed E-state index contributed by atoms with van der Waals surface area (Å²) in [6.07, 6.45) is -2.53. The Balaban J connectivity index is 2.31. The van der Waals surface area contributed by atoms with E-state index < -0.39 is 17.8 Å². The average Bonchev–Trinajstić information content (AvgIpc) is 2.46. The maximum Gasteiger partial charge on any atom is 0.339 e. The predicted octanol–water partition coefficient (Wildman–Crippen LogP) is 1.42. The highest BCUT2D eigenvalue weighted by atomic mass is 16.5. The van der Waals surface area contributed by atoms with Gasteiger partial charge in [-0.25, -0.2) is 4.79 Å². The second-order valence-electron chi connectivity index (χ2n) is 4.02. The van der Waals surface area contributed by atoms with E-state index in [1.807, 2.05) is 0 Å². The molecule has 0 fully saturated rings. The van der Waals surface area contributed by atoms with Gasteiger partial charge < -0.3 is 19.4 Å². The van der Waals surface area contributed by atoms with E-state index in [1.165, 1.54) is 13.2 Å². The summed E-state index contributed by atoms with van der Waals surface area (Å²) in [5.41, 5.74) is -0.117. The van der Waals surface area contributed by atoms with Crippen molar-refractivity contribution in [2.45, 2.75) is 12.2 Å². The first kappa shape index (κ1) is 13.3. The molecule has 0 unspecified atom stereocenters. The molecule has 2 rings (SSSR count). The molecule has 0 radical (unpaired) electrons. The third kappa shape index (κ3) is 3.01. The molecule has 1 heterocycles. The molecule has 0 saturated heterocycles. The van der Waals surface area contributed by atoms with Gasteiger partial charge in [-0.1, -0.05) is 30.3 Å². The van der Waals surface area contributed by atoms with Crippen LogP contribution in [-0.4, -0.2) is 17.3 Å². The van der Waals surface area contributed by atoms with Crippen LogP contribution in [0.4, 0.5) is 0 Å². The summed E-state index contributed by atoms with van der Waals surface area (Å²) < 4.78 is 9.80. The molecule has 0 aliphatic rings. The second kappa shape index (κ2) is 5.69. The van der Waals surface area contributed by atoms with Crippen LogP contribution in [0.5, 0.6) is 5.75 Å². The lowest BCUT2D eigenvalue weighted by molar-refractivity contribution is 0.00216. The Kier molecular flexibility index (Phi) is 3.99. The summed E-state index contributed by atoms with van der Waals surface area (Å²) in [5, 5.41) is 20.1. The molecule has 0 bridgehead atoms. The minimum atomic E-state index is -1.34. The van der Waals surface area contributed by atoms with Gasteiger partial charge in [-0.05, 0) is 5.56 Å². The Morgan fingerprint density at radius 3 is 2.42 bits per heavy atom. The predicted molar refractivity (Wildman–Crippen MR) is 67.9 cm³/mol. The Labute approximate surface area is 109 Å². The van der Waals surface area contributed by atoms with Crippen molar-refractivity contribution in [1.82, 2.24) is 0 Å². The molecule has 1 aromatic carbocycles. The SMILES string of the molecule is COc1cc([C@H](O)[C@H](O)c2ccccc2)oc(=O)c1. The van der Waals surface area contributed by atoms with Crippen molar-refractivity contribution >= 4 is 0 Å². The summed E-state index contributed by atoms with van der Waals surface area (Å²) in [4.78, 5) is 11.3. The third-order valence-electron chi connectivity index (χ3n) is 2.73. The van der Waals surface area contributed by atoms with Crippen LogP contribution >= 0.6 is 0 Å². The zero-order chi connectivity index (χ0) is 13.8. The van der Waals surface area contributed by atoms with Crippen LogP contribution in [-0.2, 0) is 0 Å². The molecule has 0 amide bonds. The maximum absolute atomic E-state index is 11.3. The van der Waals surface area contributed by atoms with Crippen molar-refractivity contribution in [3.8, 4) is 5.75 Å². The van der Waals surface area contributed by atoms with E-state index in [4.69, 9.17) is 9.15 Å². The van der Waals surface area contributed by atoms with Crippen LogP contribution in [0.2, 0.25) is 0 Å². The molecule has 5 nitrogen and oxygen atoms in total. The summed E-state index contributed by atoms with van der Waals surface area (Å²) in [6, 6.07) is 11.2. The lowest BCUT2D eigenvalue weighted by Gasteiger charge is -2.17. The van der Waals surface area contributed by atoms with Crippen LogP contribution in [0.1, 0.15) is 23.5 Å². The van der Waals surface area contributed by atoms with E-state index >= 15 is 0 Å². The Morgan fingerprint density at radius 1 is 1.11 bits per heavy atom. The number of benzene rings is 1. The number of hydrogen-bond donors (Lipinski definition) is 2. The van der Waals surface area contributed by atoms with Gasteiger partial charge in [0.2, 0.25) is 0 Å². The number of aliphatic hydroxyl groups is 2. The van der Waals surface area contributed by atoms with E-state index in [0.29, 0.717) is 5.56 Å². The number of aliphatic hydroxyl groups excluding tert-OH is 2. The average molecular weight is 262 g/mol. The quantitative estimate of drug-likeness (QED) is 0.871. The maximum atomic E-state index is 11.3. The molecular weight excluding hydrogens is 248 g/mol. The molecule has 2 aromatic rings. The van der Waals surface area contributed by atoms with Crippen molar-refractivity contribution in [3.63, 3.8) is 0 Å². The molecule has 5 heteroatoms. The third-order valence-corrected chi connectivity index (χ3v) is 2.73. The topological polar surface area (TPSA) is 79.9 Å².